The summed E-state index contributed by atoms with van der Waals surface area (Å²) in [6.07, 6.45) is 9.59. The van der Waals surface area contributed by atoms with Crippen molar-refractivity contribution in [1.29, 1.82) is 0 Å². The monoisotopic (exact) mass is 445 g/mol. The van der Waals surface area contributed by atoms with Gasteiger partial charge in [0.25, 0.3) is 0 Å². The molecule has 1 fully saturated rings. The molecule has 4 aromatic rings. The van der Waals surface area contributed by atoms with E-state index in [1.807, 2.05) is 43.6 Å². The maximum atomic E-state index is 10.0. The zero-order valence-electron chi connectivity index (χ0n) is 19.1. The first-order valence-corrected chi connectivity index (χ1v) is 11.3. The molecule has 0 saturated carbocycles. The Hall–Kier alpha value is -3.42. The average molecular weight is 446 g/mol. The minimum atomic E-state index is 0. The molecule has 3 heterocycles. The molecule has 2 aromatic heterocycles. The van der Waals surface area contributed by atoms with Gasteiger partial charge < -0.3 is 16.0 Å². The highest BCUT2D eigenvalue weighted by Crippen LogP contribution is 2.29. The number of phenols is 1. The second-order valence-electron chi connectivity index (χ2n) is 8.45. The Labute approximate surface area is 194 Å². The summed E-state index contributed by atoms with van der Waals surface area (Å²) >= 11 is 0. The SMILES string of the molecule is Cc1ccc(-c2cnn3cc(-c4ccc(OCCN5CCCCC5)cc4)cnc23)cc1O.N. The van der Waals surface area contributed by atoms with Crippen LogP contribution in [0.3, 0.4) is 0 Å². The van der Waals surface area contributed by atoms with Crippen LogP contribution in [0.5, 0.6) is 11.5 Å². The van der Waals surface area contributed by atoms with E-state index in [1.165, 1.54) is 32.4 Å². The summed E-state index contributed by atoms with van der Waals surface area (Å²) in [5.74, 6) is 1.16. The van der Waals surface area contributed by atoms with E-state index < -0.39 is 0 Å². The van der Waals surface area contributed by atoms with Crippen molar-refractivity contribution in [3.63, 3.8) is 0 Å². The molecule has 1 aliphatic heterocycles. The van der Waals surface area contributed by atoms with Crippen LogP contribution in [0.25, 0.3) is 27.9 Å². The van der Waals surface area contributed by atoms with E-state index in [1.54, 1.807) is 16.8 Å². The number of ether oxygens (including phenoxy) is 1. The fourth-order valence-corrected chi connectivity index (χ4v) is 4.22. The number of aromatic hydroxyl groups is 1. The molecule has 0 unspecified atom stereocenters. The van der Waals surface area contributed by atoms with Crippen molar-refractivity contribution in [3.05, 3.63) is 66.6 Å². The quantitative estimate of drug-likeness (QED) is 0.428. The van der Waals surface area contributed by atoms with Gasteiger partial charge in [0.2, 0.25) is 0 Å². The Morgan fingerprint density at radius 2 is 1.70 bits per heavy atom. The predicted octanol–water partition coefficient (Wildman–Crippen LogP) is 5.10. The Bertz CT molecular complexity index is 1210. The summed E-state index contributed by atoms with van der Waals surface area (Å²) in [6, 6.07) is 13.8. The second kappa shape index (κ2) is 10.0. The van der Waals surface area contributed by atoms with Crippen molar-refractivity contribution in [2.75, 3.05) is 26.2 Å². The number of aromatic nitrogens is 3. The number of nitrogens with zero attached hydrogens (tertiary/aromatic N) is 4. The molecular weight excluding hydrogens is 414 g/mol. The zero-order chi connectivity index (χ0) is 21.9. The van der Waals surface area contributed by atoms with E-state index in [9.17, 15) is 5.11 Å². The molecule has 7 nitrogen and oxygen atoms in total. The molecule has 0 spiro atoms. The Kier molecular flexibility index (Phi) is 6.91. The third-order valence-corrected chi connectivity index (χ3v) is 6.19. The smallest absolute Gasteiger partial charge is 0.162 e. The maximum absolute atomic E-state index is 10.0. The van der Waals surface area contributed by atoms with Crippen molar-refractivity contribution < 1.29 is 9.84 Å². The lowest BCUT2D eigenvalue weighted by molar-refractivity contribution is 0.183. The van der Waals surface area contributed by atoms with Gasteiger partial charge in [-0.3, -0.25) is 4.90 Å². The lowest BCUT2D eigenvalue weighted by Gasteiger charge is -2.26. The number of likely N-dealkylation sites (tertiary alicyclic amines) is 1. The summed E-state index contributed by atoms with van der Waals surface area (Å²) in [5, 5.41) is 14.5. The molecule has 0 radical (unpaired) electrons. The lowest BCUT2D eigenvalue weighted by Crippen LogP contribution is -2.33. The fraction of sp³-hybridized carbons (Fsp3) is 0.308. The third kappa shape index (κ3) is 4.99. The Balaban J connectivity index is 0.00000259. The van der Waals surface area contributed by atoms with Crippen LogP contribution in [0.2, 0.25) is 0 Å². The largest absolute Gasteiger partial charge is 0.508 e. The van der Waals surface area contributed by atoms with Crippen molar-refractivity contribution >= 4 is 5.65 Å². The topological polar surface area (TPSA) is 97.9 Å². The highest BCUT2D eigenvalue weighted by molar-refractivity contribution is 5.78. The molecule has 33 heavy (non-hydrogen) atoms. The van der Waals surface area contributed by atoms with Crippen molar-refractivity contribution in [2.45, 2.75) is 26.2 Å². The normalized spacial score (nSPS) is 14.2. The van der Waals surface area contributed by atoms with Crippen LogP contribution in [0, 0.1) is 6.92 Å². The molecule has 0 aliphatic carbocycles. The van der Waals surface area contributed by atoms with Gasteiger partial charge in [0.1, 0.15) is 18.1 Å². The molecule has 0 atom stereocenters. The summed E-state index contributed by atoms with van der Waals surface area (Å²) in [7, 11) is 0. The summed E-state index contributed by atoms with van der Waals surface area (Å²) in [5.41, 5.74) is 5.44. The maximum Gasteiger partial charge on any atom is 0.162 e. The van der Waals surface area contributed by atoms with Gasteiger partial charge in [-0.25, -0.2) is 9.50 Å². The Morgan fingerprint density at radius 1 is 0.939 bits per heavy atom. The number of hydrogen-bond donors (Lipinski definition) is 2. The molecule has 1 saturated heterocycles. The summed E-state index contributed by atoms with van der Waals surface area (Å²) < 4.78 is 7.73. The lowest BCUT2D eigenvalue weighted by atomic mass is 10.1. The Morgan fingerprint density at radius 3 is 2.45 bits per heavy atom. The van der Waals surface area contributed by atoms with E-state index in [-0.39, 0.29) is 11.9 Å². The number of hydrogen-bond acceptors (Lipinski definition) is 6. The van der Waals surface area contributed by atoms with E-state index >= 15 is 0 Å². The minimum absolute atomic E-state index is 0. The van der Waals surface area contributed by atoms with Gasteiger partial charge in [-0.15, -0.1) is 0 Å². The van der Waals surface area contributed by atoms with Gasteiger partial charge in [0.05, 0.1) is 6.20 Å². The first-order valence-electron chi connectivity index (χ1n) is 11.3. The molecule has 172 valence electrons. The molecule has 0 bridgehead atoms. The predicted molar refractivity (Wildman–Crippen MR) is 131 cm³/mol. The minimum Gasteiger partial charge on any atom is -0.508 e. The standard InChI is InChI=1S/C26H28N4O2.H3N/c1-19-5-6-21(15-25(19)31)24-17-28-30-18-22(16-27-26(24)30)20-7-9-23(10-8-20)32-14-13-29-11-3-2-4-12-29;/h5-10,15-18,31H,2-4,11-14H2,1H3;1H3. The third-order valence-electron chi connectivity index (χ3n) is 6.19. The molecular formula is C26H31N5O2. The molecule has 1 aliphatic rings. The fourth-order valence-electron chi connectivity index (χ4n) is 4.22. The summed E-state index contributed by atoms with van der Waals surface area (Å²) in [4.78, 5) is 7.13. The molecule has 7 heteroatoms. The number of rotatable bonds is 6. The van der Waals surface area contributed by atoms with Gasteiger partial charge in [0.15, 0.2) is 5.65 Å². The number of benzene rings is 2. The van der Waals surface area contributed by atoms with Crippen LogP contribution in [-0.4, -0.2) is 50.8 Å². The molecule has 4 N–H and O–H groups in total. The van der Waals surface area contributed by atoms with Crippen LogP contribution in [-0.2, 0) is 0 Å². The van der Waals surface area contributed by atoms with E-state index in [0.717, 1.165) is 52.4 Å². The van der Waals surface area contributed by atoms with Crippen molar-refractivity contribution in [1.82, 2.24) is 25.6 Å². The van der Waals surface area contributed by atoms with Crippen molar-refractivity contribution in [2.24, 2.45) is 0 Å². The van der Waals surface area contributed by atoms with Gasteiger partial charge in [-0.1, -0.05) is 30.7 Å². The highest BCUT2D eigenvalue weighted by Gasteiger charge is 2.12. The number of aryl methyl sites for hydroxylation is 1. The van der Waals surface area contributed by atoms with Gasteiger partial charge in [-0.05, 0) is 67.7 Å². The summed E-state index contributed by atoms with van der Waals surface area (Å²) in [6.45, 7) is 5.97. The van der Waals surface area contributed by atoms with E-state index in [4.69, 9.17) is 4.74 Å². The molecule has 0 amide bonds. The number of fused-ring (bicyclic) bond motifs is 1. The zero-order valence-corrected chi connectivity index (χ0v) is 19.1. The van der Waals surface area contributed by atoms with Gasteiger partial charge >= 0.3 is 0 Å². The number of phenolic OH excluding ortho intramolecular Hbond substituents is 1. The average Bonchev–Trinajstić information content (AvgIpc) is 3.25. The molecule has 2 aromatic carbocycles. The first-order chi connectivity index (χ1) is 15.7. The molecule has 5 rings (SSSR count). The van der Waals surface area contributed by atoms with Crippen LogP contribution in [0.1, 0.15) is 24.8 Å². The van der Waals surface area contributed by atoms with Crippen molar-refractivity contribution in [3.8, 4) is 33.8 Å². The van der Waals surface area contributed by atoms with Crippen LogP contribution < -0.4 is 10.9 Å². The van der Waals surface area contributed by atoms with E-state index in [0.29, 0.717) is 0 Å². The second-order valence-corrected chi connectivity index (χ2v) is 8.45. The van der Waals surface area contributed by atoms with Crippen LogP contribution in [0.4, 0.5) is 0 Å². The van der Waals surface area contributed by atoms with E-state index in [2.05, 4.69) is 27.1 Å². The highest BCUT2D eigenvalue weighted by atomic mass is 16.5. The van der Waals surface area contributed by atoms with Crippen LogP contribution >= 0.6 is 0 Å². The first kappa shape index (κ1) is 22.8. The number of piperidine rings is 1. The van der Waals surface area contributed by atoms with Gasteiger partial charge in [0, 0.05) is 30.1 Å². The van der Waals surface area contributed by atoms with Crippen LogP contribution in [0.15, 0.2) is 61.1 Å². The van der Waals surface area contributed by atoms with Gasteiger partial charge in [-0.2, -0.15) is 5.10 Å².